The molecular weight excluding hydrogens is 603 g/mol. The molecule has 0 unspecified atom stereocenters. The number of nitro groups is 2. The number of halogens is 1. The first-order valence-corrected chi connectivity index (χ1v) is 11.3. The first kappa shape index (κ1) is 27.1. The van der Waals surface area contributed by atoms with Gasteiger partial charge in [0.2, 0.25) is 5.75 Å². The van der Waals surface area contributed by atoms with Gasteiger partial charge in [-0.25, -0.2) is 5.43 Å². The summed E-state index contributed by atoms with van der Waals surface area (Å²) in [6.45, 7) is 0. The number of amides is 1. The average Bonchev–Trinajstić information content (AvgIpc) is 2.89. The van der Waals surface area contributed by atoms with Crippen molar-refractivity contribution in [2.45, 2.75) is 0 Å². The third-order valence-electron chi connectivity index (χ3n) is 4.84. The monoisotopic (exact) mass is 622 g/mol. The number of carbonyl (C=O) groups is 1. The van der Waals surface area contributed by atoms with Crippen LogP contribution in [0.1, 0.15) is 15.9 Å². The smallest absolute Gasteiger partial charge is 0.318 e. The van der Waals surface area contributed by atoms with Gasteiger partial charge in [0.1, 0.15) is 0 Å². The number of nitrogens with one attached hydrogen (secondary N) is 1. The Labute approximate surface area is 223 Å². The second kappa shape index (κ2) is 12.0. The highest BCUT2D eigenvalue weighted by molar-refractivity contribution is 14.1. The van der Waals surface area contributed by atoms with Crippen molar-refractivity contribution in [1.82, 2.24) is 5.43 Å². The van der Waals surface area contributed by atoms with Gasteiger partial charge in [0.15, 0.2) is 23.0 Å². The van der Waals surface area contributed by atoms with Crippen LogP contribution in [0.15, 0.2) is 53.6 Å². The largest absolute Gasteiger partial charge is 0.493 e. The molecular formula is C23H19IN4O9. The number of nitrogens with zero attached hydrogens (tertiary/aromatic N) is 3. The normalized spacial score (nSPS) is 10.6. The summed E-state index contributed by atoms with van der Waals surface area (Å²) in [7, 11) is 4.32. The van der Waals surface area contributed by atoms with Crippen LogP contribution in [0.25, 0.3) is 0 Å². The number of rotatable bonds is 10. The molecule has 3 aromatic carbocycles. The van der Waals surface area contributed by atoms with E-state index < -0.39 is 27.1 Å². The number of benzene rings is 3. The van der Waals surface area contributed by atoms with E-state index in [0.29, 0.717) is 26.2 Å². The van der Waals surface area contributed by atoms with Gasteiger partial charge in [0.25, 0.3) is 11.6 Å². The second-order valence-electron chi connectivity index (χ2n) is 7.07. The molecule has 0 heterocycles. The summed E-state index contributed by atoms with van der Waals surface area (Å²) in [5.74, 6) is 0.561. The third kappa shape index (κ3) is 6.40. The van der Waals surface area contributed by atoms with Gasteiger partial charge in [-0.3, -0.25) is 25.0 Å². The van der Waals surface area contributed by atoms with E-state index in [0.717, 1.165) is 18.2 Å². The molecule has 192 valence electrons. The highest BCUT2D eigenvalue weighted by atomic mass is 127. The Morgan fingerprint density at radius 3 is 2.19 bits per heavy atom. The Morgan fingerprint density at radius 1 is 0.892 bits per heavy atom. The summed E-state index contributed by atoms with van der Waals surface area (Å²) in [4.78, 5) is 33.3. The number of carbonyl (C=O) groups excluding carboxylic acids is 1. The Morgan fingerprint density at radius 2 is 1.57 bits per heavy atom. The molecule has 0 saturated heterocycles. The molecule has 0 saturated carbocycles. The van der Waals surface area contributed by atoms with E-state index in [1.54, 1.807) is 24.3 Å². The van der Waals surface area contributed by atoms with Crippen LogP contribution in [0.5, 0.6) is 28.7 Å². The molecule has 0 radical (unpaired) electrons. The third-order valence-corrected chi connectivity index (χ3v) is 5.64. The standard InChI is InChI=1S/C23H19IN4O9/c1-34-19-6-4-14(10-20(19)35-2)23(29)26-25-12-13-8-16(24)22(21(9-13)36-3)37-18-7-5-15(27(30)31)11-17(18)28(32)33/h4-12H,1-3H3,(H,26,29)/b25-12+. The Hall–Kier alpha value is -4.47. The maximum Gasteiger partial charge on any atom is 0.318 e. The van der Waals surface area contributed by atoms with Gasteiger partial charge in [0.05, 0.1) is 47.0 Å². The van der Waals surface area contributed by atoms with Crippen LogP contribution in [-0.2, 0) is 0 Å². The summed E-state index contributed by atoms with van der Waals surface area (Å²) in [6.07, 6.45) is 1.38. The van der Waals surface area contributed by atoms with E-state index in [2.05, 4.69) is 10.5 Å². The Bertz CT molecular complexity index is 1390. The molecule has 0 aliphatic rings. The molecule has 37 heavy (non-hydrogen) atoms. The lowest BCUT2D eigenvalue weighted by atomic mass is 10.2. The van der Waals surface area contributed by atoms with Crippen molar-refractivity contribution >= 4 is 46.1 Å². The van der Waals surface area contributed by atoms with E-state index >= 15 is 0 Å². The van der Waals surface area contributed by atoms with Crippen LogP contribution in [0, 0.1) is 23.8 Å². The minimum absolute atomic E-state index is 0.159. The first-order valence-electron chi connectivity index (χ1n) is 10.2. The SMILES string of the molecule is COc1ccc(C(=O)N/N=C/c2cc(I)c(Oc3ccc([N+](=O)[O-])cc3[N+](=O)[O-])c(OC)c2)cc1OC. The summed E-state index contributed by atoms with van der Waals surface area (Å²) >= 11 is 1.94. The first-order chi connectivity index (χ1) is 17.7. The second-order valence-corrected chi connectivity index (χ2v) is 8.23. The van der Waals surface area contributed by atoms with E-state index in [1.807, 2.05) is 22.6 Å². The zero-order chi connectivity index (χ0) is 27.1. The van der Waals surface area contributed by atoms with Crippen molar-refractivity contribution in [3.8, 4) is 28.7 Å². The summed E-state index contributed by atoms with van der Waals surface area (Å²) in [5, 5.41) is 26.4. The van der Waals surface area contributed by atoms with Crippen molar-refractivity contribution in [3.63, 3.8) is 0 Å². The Kier molecular flexibility index (Phi) is 8.78. The summed E-state index contributed by atoms with van der Waals surface area (Å²) in [6, 6.07) is 10.9. The summed E-state index contributed by atoms with van der Waals surface area (Å²) in [5.41, 5.74) is 2.22. The zero-order valence-electron chi connectivity index (χ0n) is 19.6. The van der Waals surface area contributed by atoms with Crippen LogP contribution >= 0.6 is 22.6 Å². The topological polar surface area (TPSA) is 165 Å². The maximum absolute atomic E-state index is 12.4. The van der Waals surface area contributed by atoms with Crippen molar-refractivity contribution in [2.24, 2.45) is 5.10 Å². The lowest BCUT2D eigenvalue weighted by molar-refractivity contribution is -0.394. The van der Waals surface area contributed by atoms with Crippen molar-refractivity contribution in [2.75, 3.05) is 21.3 Å². The maximum atomic E-state index is 12.4. The van der Waals surface area contributed by atoms with Crippen LogP contribution < -0.4 is 24.4 Å². The van der Waals surface area contributed by atoms with E-state index in [-0.39, 0.29) is 17.2 Å². The fraction of sp³-hybridized carbons (Fsp3) is 0.130. The molecule has 0 aliphatic heterocycles. The molecule has 0 aliphatic carbocycles. The predicted molar refractivity (Wildman–Crippen MR) is 140 cm³/mol. The number of hydrogen-bond acceptors (Lipinski definition) is 10. The average molecular weight is 622 g/mol. The quantitative estimate of drug-likeness (QED) is 0.146. The Balaban J connectivity index is 1.82. The van der Waals surface area contributed by atoms with E-state index in [4.69, 9.17) is 18.9 Å². The zero-order valence-corrected chi connectivity index (χ0v) is 21.7. The van der Waals surface area contributed by atoms with Gasteiger partial charge < -0.3 is 18.9 Å². The number of hydrogen-bond donors (Lipinski definition) is 1. The van der Waals surface area contributed by atoms with Crippen molar-refractivity contribution in [3.05, 3.63) is 83.5 Å². The molecule has 0 atom stereocenters. The van der Waals surface area contributed by atoms with E-state index in [1.165, 1.54) is 33.6 Å². The number of methoxy groups -OCH3 is 3. The molecule has 1 N–H and O–H groups in total. The van der Waals surface area contributed by atoms with E-state index in [9.17, 15) is 25.0 Å². The molecule has 14 heteroatoms. The van der Waals surface area contributed by atoms with Gasteiger partial charge >= 0.3 is 5.69 Å². The lowest BCUT2D eigenvalue weighted by Crippen LogP contribution is -2.17. The molecule has 0 fully saturated rings. The van der Waals surface area contributed by atoms with Crippen LogP contribution in [-0.4, -0.2) is 43.3 Å². The number of hydrazone groups is 1. The highest BCUT2D eigenvalue weighted by Gasteiger charge is 2.23. The minimum Gasteiger partial charge on any atom is -0.493 e. The van der Waals surface area contributed by atoms with Gasteiger partial charge in [-0.05, 0) is 64.6 Å². The molecule has 13 nitrogen and oxygen atoms in total. The van der Waals surface area contributed by atoms with Crippen LogP contribution in [0.2, 0.25) is 0 Å². The predicted octanol–water partition coefficient (Wildman–Crippen LogP) is 4.69. The van der Waals surface area contributed by atoms with Gasteiger partial charge in [0, 0.05) is 11.6 Å². The fourth-order valence-corrected chi connectivity index (χ4v) is 3.81. The number of ether oxygens (including phenoxy) is 4. The van der Waals surface area contributed by atoms with Crippen molar-refractivity contribution in [1.29, 1.82) is 0 Å². The number of nitro benzene ring substituents is 2. The molecule has 3 aromatic rings. The molecule has 1 amide bonds. The lowest BCUT2D eigenvalue weighted by Gasteiger charge is -2.13. The summed E-state index contributed by atoms with van der Waals surface area (Å²) < 4.78 is 21.9. The van der Waals surface area contributed by atoms with Gasteiger partial charge in [-0.15, -0.1) is 0 Å². The molecule has 0 aromatic heterocycles. The molecule has 3 rings (SSSR count). The number of non-ortho nitro benzene ring substituents is 1. The minimum atomic E-state index is -0.774. The van der Waals surface area contributed by atoms with Crippen LogP contribution in [0.4, 0.5) is 11.4 Å². The van der Waals surface area contributed by atoms with Gasteiger partial charge in [-0.1, -0.05) is 0 Å². The highest BCUT2D eigenvalue weighted by Crippen LogP contribution is 2.41. The van der Waals surface area contributed by atoms with Crippen molar-refractivity contribution < 1.29 is 33.6 Å². The van der Waals surface area contributed by atoms with Gasteiger partial charge in [-0.2, -0.15) is 5.10 Å². The fourth-order valence-electron chi connectivity index (χ4n) is 3.08. The molecule has 0 spiro atoms. The van der Waals surface area contributed by atoms with Crippen LogP contribution in [0.3, 0.4) is 0 Å². The molecule has 0 bridgehead atoms.